The molecule has 1 aliphatic rings. The summed E-state index contributed by atoms with van der Waals surface area (Å²) in [7, 11) is 1.58. The first-order chi connectivity index (χ1) is 16.7. The number of primary amides is 1. The van der Waals surface area contributed by atoms with E-state index in [2.05, 4.69) is 5.10 Å². The molecule has 3 aromatic rings. The minimum Gasteiger partial charge on any atom is -0.497 e. The van der Waals surface area contributed by atoms with Crippen molar-refractivity contribution in [2.45, 2.75) is 31.5 Å². The molecule has 12 heteroatoms. The number of aliphatic hydroxyl groups is 4. The van der Waals surface area contributed by atoms with Gasteiger partial charge in [0.15, 0.2) is 12.0 Å². The number of amides is 1. The Morgan fingerprint density at radius 2 is 1.91 bits per heavy atom. The van der Waals surface area contributed by atoms with Gasteiger partial charge in [0.05, 0.1) is 60.6 Å². The molecule has 0 bridgehead atoms. The van der Waals surface area contributed by atoms with Crippen LogP contribution in [0.4, 0.5) is 0 Å². The van der Waals surface area contributed by atoms with Crippen LogP contribution in [0, 0.1) is 5.92 Å². The Hall–Kier alpha value is -2.44. The zero-order chi connectivity index (χ0) is 25.7. The van der Waals surface area contributed by atoms with E-state index in [4.69, 9.17) is 48.6 Å². The van der Waals surface area contributed by atoms with Gasteiger partial charge in [-0.2, -0.15) is 5.10 Å². The van der Waals surface area contributed by atoms with Crippen molar-refractivity contribution in [1.29, 1.82) is 0 Å². The molecule has 190 valence electrons. The van der Waals surface area contributed by atoms with Crippen LogP contribution in [0.5, 0.6) is 5.75 Å². The summed E-state index contributed by atoms with van der Waals surface area (Å²) in [5, 5.41) is 41.9. The van der Waals surface area contributed by atoms with Crippen molar-refractivity contribution in [1.82, 2.24) is 9.78 Å². The quantitative estimate of drug-likeness (QED) is 0.322. The first kappa shape index (κ1) is 27.2. The molecule has 0 saturated carbocycles. The van der Waals surface area contributed by atoms with Crippen molar-refractivity contribution in [3.63, 3.8) is 0 Å². The van der Waals surface area contributed by atoms with Crippen molar-refractivity contribution < 1.29 is 34.7 Å². The molecule has 2 aromatic carbocycles. The minimum atomic E-state index is -1.18. The number of aromatic nitrogens is 2. The number of fused-ring (bicyclic) bond motifs is 1. The summed E-state index contributed by atoms with van der Waals surface area (Å²) < 4.78 is 11.8. The molecule has 1 aliphatic heterocycles. The number of methoxy groups -OCH3 is 1. The van der Waals surface area contributed by atoms with Gasteiger partial charge in [-0.3, -0.25) is 9.48 Å². The number of carbonyl (C=O) groups excluding carboxylic acids is 1. The van der Waals surface area contributed by atoms with Crippen LogP contribution in [0.2, 0.25) is 10.0 Å². The standard InChI is InChI=1S/C16H13Cl2N3O2.C7H14O5/c1-23-10-3-4-11-14(7-10)21(20-15(11)16(19)22)8-9-2-5-12(17)13(18)6-9;8-2-4-1-6(10)5(3-9)7(11)12-4/h2-7H,8H2,1H3,(H2,19,22);4-11H,1-3H2. The van der Waals surface area contributed by atoms with Crippen LogP contribution in [0.25, 0.3) is 10.9 Å². The molecule has 1 amide bonds. The van der Waals surface area contributed by atoms with Gasteiger partial charge >= 0.3 is 0 Å². The number of hydrogen-bond donors (Lipinski definition) is 5. The number of nitrogens with zero attached hydrogens (tertiary/aromatic N) is 2. The van der Waals surface area contributed by atoms with Gasteiger partial charge < -0.3 is 35.6 Å². The van der Waals surface area contributed by atoms with Crippen molar-refractivity contribution >= 4 is 40.0 Å². The summed E-state index contributed by atoms with van der Waals surface area (Å²) in [6, 6.07) is 10.7. The van der Waals surface area contributed by atoms with Crippen LogP contribution in [0.1, 0.15) is 22.5 Å². The normalized spacial score (nSPS) is 21.9. The van der Waals surface area contributed by atoms with Crippen molar-refractivity contribution in [2.24, 2.45) is 11.7 Å². The molecule has 1 saturated heterocycles. The second-order valence-electron chi connectivity index (χ2n) is 7.98. The summed E-state index contributed by atoms with van der Waals surface area (Å²) in [5.74, 6) is -0.565. The molecule has 2 heterocycles. The molecule has 4 atom stereocenters. The second-order valence-corrected chi connectivity index (χ2v) is 8.80. The molecule has 6 N–H and O–H groups in total. The second kappa shape index (κ2) is 12.0. The van der Waals surface area contributed by atoms with Gasteiger partial charge in [-0.1, -0.05) is 29.3 Å². The maximum atomic E-state index is 11.6. The Bertz CT molecular complexity index is 1160. The monoisotopic (exact) mass is 527 g/mol. The topological polar surface area (TPSA) is 160 Å². The summed E-state index contributed by atoms with van der Waals surface area (Å²) in [6.45, 7) is -0.124. The van der Waals surface area contributed by atoms with E-state index in [0.29, 0.717) is 27.7 Å². The highest BCUT2D eigenvalue weighted by Crippen LogP contribution is 2.27. The van der Waals surface area contributed by atoms with E-state index in [9.17, 15) is 15.0 Å². The molecule has 1 aromatic heterocycles. The Morgan fingerprint density at radius 1 is 1.17 bits per heavy atom. The lowest BCUT2D eigenvalue weighted by Crippen LogP contribution is -2.46. The fourth-order valence-corrected chi connectivity index (χ4v) is 4.03. The number of benzene rings is 2. The molecule has 1 fully saturated rings. The number of ether oxygens (including phenoxy) is 2. The van der Waals surface area contributed by atoms with Gasteiger partial charge in [0.25, 0.3) is 5.91 Å². The lowest BCUT2D eigenvalue weighted by atomic mass is 9.94. The fourth-order valence-electron chi connectivity index (χ4n) is 3.71. The molecule has 10 nitrogen and oxygen atoms in total. The third-order valence-corrected chi connectivity index (χ3v) is 6.36. The zero-order valence-electron chi connectivity index (χ0n) is 18.8. The first-order valence-corrected chi connectivity index (χ1v) is 11.5. The molecular formula is C23H27Cl2N3O7. The number of halogens is 2. The van der Waals surface area contributed by atoms with Crippen LogP contribution in [0.3, 0.4) is 0 Å². The third-order valence-electron chi connectivity index (χ3n) is 5.62. The zero-order valence-corrected chi connectivity index (χ0v) is 20.4. The molecule has 35 heavy (non-hydrogen) atoms. The smallest absolute Gasteiger partial charge is 0.269 e. The Morgan fingerprint density at radius 3 is 2.49 bits per heavy atom. The SMILES string of the molecule is COc1ccc2c(C(N)=O)nn(Cc3ccc(Cl)c(Cl)c3)c2c1.OCC1CC(O)C(CO)C(O)O1. The molecular weight excluding hydrogens is 501 g/mol. The highest BCUT2D eigenvalue weighted by molar-refractivity contribution is 6.42. The maximum Gasteiger partial charge on any atom is 0.269 e. The van der Waals surface area contributed by atoms with Crippen LogP contribution in [-0.4, -0.2) is 74.9 Å². The van der Waals surface area contributed by atoms with E-state index < -0.39 is 30.3 Å². The van der Waals surface area contributed by atoms with E-state index in [0.717, 1.165) is 11.1 Å². The number of nitrogens with two attached hydrogens (primary N) is 1. The van der Waals surface area contributed by atoms with Gasteiger partial charge in [-0.25, -0.2) is 0 Å². The van der Waals surface area contributed by atoms with Gasteiger partial charge in [0.1, 0.15) is 5.75 Å². The van der Waals surface area contributed by atoms with E-state index in [1.807, 2.05) is 12.1 Å². The highest BCUT2D eigenvalue weighted by Gasteiger charge is 2.35. The summed E-state index contributed by atoms with van der Waals surface area (Å²) >= 11 is 12.0. The average Bonchev–Trinajstić information content (AvgIpc) is 3.19. The predicted molar refractivity (Wildman–Crippen MR) is 130 cm³/mol. The number of carbonyl (C=O) groups is 1. The minimum absolute atomic E-state index is 0.225. The summed E-state index contributed by atoms with van der Waals surface area (Å²) in [5.41, 5.74) is 7.30. The maximum absolute atomic E-state index is 11.6. The number of rotatable bonds is 6. The molecule has 4 rings (SSSR count). The first-order valence-electron chi connectivity index (χ1n) is 10.7. The fraction of sp³-hybridized carbons (Fsp3) is 0.391. The highest BCUT2D eigenvalue weighted by atomic mass is 35.5. The Labute approximate surface area is 211 Å². The van der Waals surface area contributed by atoms with E-state index in [-0.39, 0.29) is 25.3 Å². The summed E-state index contributed by atoms with van der Waals surface area (Å²) in [4.78, 5) is 11.6. The lowest BCUT2D eigenvalue weighted by Gasteiger charge is -2.35. The van der Waals surface area contributed by atoms with Crippen molar-refractivity contribution in [3.8, 4) is 5.75 Å². The molecule has 0 radical (unpaired) electrons. The molecule has 0 spiro atoms. The molecule has 0 aliphatic carbocycles. The van der Waals surface area contributed by atoms with Crippen LogP contribution < -0.4 is 10.5 Å². The van der Waals surface area contributed by atoms with Gasteiger partial charge in [-0.15, -0.1) is 0 Å². The van der Waals surface area contributed by atoms with E-state index in [1.165, 1.54) is 0 Å². The Balaban J connectivity index is 0.000000241. The predicted octanol–water partition coefficient (Wildman–Crippen LogP) is 1.55. The average molecular weight is 528 g/mol. The number of hydrogen-bond acceptors (Lipinski definition) is 8. The van der Waals surface area contributed by atoms with E-state index in [1.54, 1.807) is 36.1 Å². The van der Waals surface area contributed by atoms with Crippen molar-refractivity contribution in [2.75, 3.05) is 20.3 Å². The van der Waals surface area contributed by atoms with Gasteiger partial charge in [0, 0.05) is 17.9 Å². The van der Waals surface area contributed by atoms with Crippen LogP contribution >= 0.6 is 23.2 Å². The third kappa shape index (κ3) is 6.42. The largest absolute Gasteiger partial charge is 0.497 e. The Kier molecular flexibility index (Phi) is 9.31. The molecule has 4 unspecified atom stereocenters. The number of aliphatic hydroxyl groups excluding tert-OH is 4. The summed E-state index contributed by atoms with van der Waals surface area (Å²) in [6.07, 6.45) is -2.27. The van der Waals surface area contributed by atoms with Crippen LogP contribution in [0.15, 0.2) is 36.4 Å². The van der Waals surface area contributed by atoms with Gasteiger partial charge in [-0.05, 0) is 29.8 Å². The van der Waals surface area contributed by atoms with E-state index >= 15 is 0 Å². The van der Waals surface area contributed by atoms with Crippen LogP contribution in [-0.2, 0) is 11.3 Å². The van der Waals surface area contributed by atoms with Gasteiger partial charge in [0.2, 0.25) is 0 Å². The lowest BCUT2D eigenvalue weighted by molar-refractivity contribution is -0.237. The van der Waals surface area contributed by atoms with Crippen molar-refractivity contribution in [3.05, 3.63) is 57.7 Å².